The summed E-state index contributed by atoms with van der Waals surface area (Å²) in [7, 11) is 0. The maximum atomic E-state index is 13.6. The van der Waals surface area contributed by atoms with Crippen molar-refractivity contribution in [1.29, 1.82) is 0 Å². The van der Waals surface area contributed by atoms with Gasteiger partial charge in [0.1, 0.15) is 17.7 Å². The molecule has 0 aromatic heterocycles. The summed E-state index contributed by atoms with van der Waals surface area (Å²) in [5.74, 6) is 0.567. The molecule has 0 amide bonds. The largest absolute Gasteiger partial charge is 0.488 e. The molecule has 1 heterocycles. The maximum absolute atomic E-state index is 13.6. The van der Waals surface area contributed by atoms with Crippen LogP contribution in [0, 0.1) is 5.82 Å². The standard InChI is InChI=1S/C15H13ClFNO/c16-12-5-3-6-13(17)15(12)18-9-11-8-10-4-1-2-7-14(10)19-11/h1-7,11,18H,8-9H2. The van der Waals surface area contributed by atoms with E-state index in [2.05, 4.69) is 5.32 Å². The van der Waals surface area contributed by atoms with Gasteiger partial charge in [0.15, 0.2) is 0 Å². The van der Waals surface area contributed by atoms with Crippen LogP contribution >= 0.6 is 11.6 Å². The molecule has 1 atom stereocenters. The number of hydrogen-bond acceptors (Lipinski definition) is 2. The van der Waals surface area contributed by atoms with Gasteiger partial charge in [-0.25, -0.2) is 4.39 Å². The molecule has 4 heteroatoms. The lowest BCUT2D eigenvalue weighted by molar-refractivity contribution is 0.246. The molecule has 0 aliphatic carbocycles. The summed E-state index contributed by atoms with van der Waals surface area (Å²) in [5.41, 5.74) is 1.53. The highest BCUT2D eigenvalue weighted by Gasteiger charge is 2.22. The van der Waals surface area contributed by atoms with Crippen molar-refractivity contribution >= 4 is 17.3 Å². The Morgan fingerprint density at radius 2 is 2.05 bits per heavy atom. The van der Waals surface area contributed by atoms with E-state index in [0.717, 1.165) is 12.2 Å². The third-order valence-corrected chi connectivity index (χ3v) is 3.50. The van der Waals surface area contributed by atoms with Gasteiger partial charge in [0.05, 0.1) is 17.3 Å². The Morgan fingerprint density at radius 1 is 1.21 bits per heavy atom. The first kappa shape index (κ1) is 12.3. The zero-order chi connectivity index (χ0) is 13.2. The van der Waals surface area contributed by atoms with Gasteiger partial charge in [-0.05, 0) is 23.8 Å². The Labute approximate surface area is 116 Å². The number of rotatable bonds is 3. The summed E-state index contributed by atoms with van der Waals surface area (Å²) in [5, 5.41) is 3.41. The highest BCUT2D eigenvalue weighted by molar-refractivity contribution is 6.33. The quantitative estimate of drug-likeness (QED) is 0.919. The molecule has 1 aliphatic heterocycles. The number of hydrogen-bond donors (Lipinski definition) is 1. The number of anilines is 1. The minimum atomic E-state index is -0.344. The highest BCUT2D eigenvalue weighted by atomic mass is 35.5. The van der Waals surface area contributed by atoms with Gasteiger partial charge in [-0.15, -0.1) is 0 Å². The van der Waals surface area contributed by atoms with E-state index < -0.39 is 0 Å². The van der Waals surface area contributed by atoms with E-state index in [-0.39, 0.29) is 11.9 Å². The number of para-hydroxylation sites is 2. The lowest BCUT2D eigenvalue weighted by atomic mass is 10.1. The molecule has 98 valence electrons. The molecule has 1 aliphatic rings. The number of benzene rings is 2. The minimum Gasteiger partial charge on any atom is -0.488 e. The third-order valence-electron chi connectivity index (χ3n) is 3.18. The van der Waals surface area contributed by atoms with Crippen LogP contribution in [0.5, 0.6) is 5.75 Å². The van der Waals surface area contributed by atoms with Crippen LogP contribution in [-0.2, 0) is 6.42 Å². The Hall–Kier alpha value is -1.74. The van der Waals surface area contributed by atoms with Crippen LogP contribution in [0.25, 0.3) is 0 Å². The maximum Gasteiger partial charge on any atom is 0.147 e. The molecule has 0 radical (unpaired) electrons. The predicted molar refractivity (Wildman–Crippen MR) is 74.5 cm³/mol. The second kappa shape index (κ2) is 5.10. The summed E-state index contributed by atoms with van der Waals surface area (Å²) < 4.78 is 19.4. The smallest absolute Gasteiger partial charge is 0.147 e. The van der Waals surface area contributed by atoms with Gasteiger partial charge in [-0.3, -0.25) is 0 Å². The van der Waals surface area contributed by atoms with E-state index in [1.54, 1.807) is 12.1 Å². The van der Waals surface area contributed by atoms with E-state index in [4.69, 9.17) is 16.3 Å². The SMILES string of the molecule is Fc1cccc(Cl)c1NCC1Cc2ccccc2O1. The number of nitrogens with one attached hydrogen (secondary N) is 1. The van der Waals surface area contributed by atoms with Crippen molar-refractivity contribution in [2.45, 2.75) is 12.5 Å². The van der Waals surface area contributed by atoms with E-state index in [1.807, 2.05) is 24.3 Å². The first-order chi connectivity index (χ1) is 9.24. The molecule has 19 heavy (non-hydrogen) atoms. The first-order valence-corrected chi connectivity index (χ1v) is 6.54. The fraction of sp³-hybridized carbons (Fsp3) is 0.200. The van der Waals surface area contributed by atoms with Crippen LogP contribution in [0.3, 0.4) is 0 Å². The molecule has 1 N–H and O–H groups in total. The van der Waals surface area contributed by atoms with Crippen LogP contribution in [0.1, 0.15) is 5.56 Å². The summed E-state index contributed by atoms with van der Waals surface area (Å²) in [6, 6.07) is 12.6. The number of halogens is 2. The van der Waals surface area contributed by atoms with Crippen LogP contribution in [0.2, 0.25) is 5.02 Å². The van der Waals surface area contributed by atoms with Crippen molar-refractivity contribution in [2.75, 3.05) is 11.9 Å². The summed E-state index contributed by atoms with van der Waals surface area (Å²) in [6.45, 7) is 0.523. The van der Waals surface area contributed by atoms with Crippen molar-refractivity contribution in [3.63, 3.8) is 0 Å². The van der Waals surface area contributed by atoms with Crippen molar-refractivity contribution in [3.8, 4) is 5.75 Å². The van der Waals surface area contributed by atoms with E-state index in [0.29, 0.717) is 17.3 Å². The van der Waals surface area contributed by atoms with Gasteiger partial charge in [0.25, 0.3) is 0 Å². The van der Waals surface area contributed by atoms with Crippen molar-refractivity contribution < 1.29 is 9.13 Å². The van der Waals surface area contributed by atoms with Crippen molar-refractivity contribution in [2.24, 2.45) is 0 Å². The molecule has 0 spiro atoms. The Balaban J connectivity index is 1.66. The first-order valence-electron chi connectivity index (χ1n) is 6.16. The lowest BCUT2D eigenvalue weighted by Crippen LogP contribution is -2.24. The molecule has 3 rings (SSSR count). The second-order valence-corrected chi connectivity index (χ2v) is 4.94. The van der Waals surface area contributed by atoms with Gasteiger partial charge in [0.2, 0.25) is 0 Å². The minimum absolute atomic E-state index is 0.00747. The molecule has 2 nitrogen and oxygen atoms in total. The third kappa shape index (κ3) is 2.51. The Morgan fingerprint density at radius 3 is 2.84 bits per heavy atom. The van der Waals surface area contributed by atoms with E-state index in [9.17, 15) is 4.39 Å². The average molecular weight is 278 g/mol. The van der Waals surface area contributed by atoms with Gasteiger partial charge in [-0.1, -0.05) is 35.9 Å². The predicted octanol–water partition coefficient (Wildman–Crippen LogP) is 3.89. The molecule has 0 bridgehead atoms. The van der Waals surface area contributed by atoms with Crippen LogP contribution < -0.4 is 10.1 Å². The van der Waals surface area contributed by atoms with Gasteiger partial charge >= 0.3 is 0 Å². The van der Waals surface area contributed by atoms with Crippen LogP contribution in [0.15, 0.2) is 42.5 Å². The van der Waals surface area contributed by atoms with Crippen molar-refractivity contribution in [3.05, 3.63) is 58.9 Å². The topological polar surface area (TPSA) is 21.3 Å². The average Bonchev–Trinajstić information content (AvgIpc) is 2.81. The number of ether oxygens (including phenoxy) is 1. The molecule has 1 unspecified atom stereocenters. The highest BCUT2D eigenvalue weighted by Crippen LogP contribution is 2.29. The summed E-state index contributed by atoms with van der Waals surface area (Å²) >= 11 is 5.96. The Bertz CT molecular complexity index is 557. The zero-order valence-corrected chi connectivity index (χ0v) is 11.0. The van der Waals surface area contributed by atoms with E-state index >= 15 is 0 Å². The van der Waals surface area contributed by atoms with E-state index in [1.165, 1.54) is 11.6 Å². The second-order valence-electron chi connectivity index (χ2n) is 4.53. The molecule has 0 saturated carbocycles. The molecule has 0 fully saturated rings. The normalized spacial score (nSPS) is 16.8. The Kier molecular flexibility index (Phi) is 3.30. The zero-order valence-electron chi connectivity index (χ0n) is 10.2. The monoisotopic (exact) mass is 277 g/mol. The summed E-state index contributed by atoms with van der Waals surface area (Å²) in [6.07, 6.45) is 0.836. The van der Waals surface area contributed by atoms with Gasteiger partial charge in [0, 0.05) is 6.42 Å². The lowest BCUT2D eigenvalue weighted by Gasteiger charge is -2.14. The number of fused-ring (bicyclic) bond motifs is 1. The molecular formula is C15H13ClFNO. The van der Waals surface area contributed by atoms with Crippen molar-refractivity contribution in [1.82, 2.24) is 0 Å². The van der Waals surface area contributed by atoms with Crippen LogP contribution in [0.4, 0.5) is 10.1 Å². The molecule has 2 aromatic rings. The molecule has 0 saturated heterocycles. The van der Waals surface area contributed by atoms with Gasteiger partial charge < -0.3 is 10.1 Å². The molecular weight excluding hydrogens is 265 g/mol. The fourth-order valence-electron chi connectivity index (χ4n) is 2.25. The van der Waals surface area contributed by atoms with Crippen LogP contribution in [-0.4, -0.2) is 12.6 Å². The molecule has 2 aromatic carbocycles. The van der Waals surface area contributed by atoms with Gasteiger partial charge in [-0.2, -0.15) is 0 Å². The fourth-order valence-corrected chi connectivity index (χ4v) is 2.48. The summed E-state index contributed by atoms with van der Waals surface area (Å²) in [4.78, 5) is 0.